The number of terminal acetylenes is 1. The van der Waals surface area contributed by atoms with Gasteiger partial charge in [0, 0.05) is 18.7 Å². The highest BCUT2D eigenvalue weighted by atomic mass is 16.4. The van der Waals surface area contributed by atoms with Crippen LogP contribution in [0.2, 0.25) is 0 Å². The second kappa shape index (κ2) is 7.95. The highest BCUT2D eigenvalue weighted by molar-refractivity contribution is 5.94. The molecule has 5 nitrogen and oxygen atoms in total. The van der Waals surface area contributed by atoms with Gasteiger partial charge in [-0.1, -0.05) is 0 Å². The molecule has 21 heavy (non-hydrogen) atoms. The van der Waals surface area contributed by atoms with Gasteiger partial charge in [-0.05, 0) is 49.9 Å². The van der Waals surface area contributed by atoms with Gasteiger partial charge in [-0.25, -0.2) is 9.59 Å². The van der Waals surface area contributed by atoms with Crippen molar-refractivity contribution in [2.24, 2.45) is 0 Å². The van der Waals surface area contributed by atoms with E-state index in [0.29, 0.717) is 24.2 Å². The van der Waals surface area contributed by atoms with Gasteiger partial charge in [0.1, 0.15) is 0 Å². The first-order chi connectivity index (χ1) is 9.95. The van der Waals surface area contributed by atoms with Crippen LogP contribution in [0.3, 0.4) is 0 Å². The van der Waals surface area contributed by atoms with Crippen LogP contribution in [0.5, 0.6) is 0 Å². The summed E-state index contributed by atoms with van der Waals surface area (Å²) in [5, 5.41) is 14.5. The molecule has 1 aromatic carbocycles. The molecule has 0 atom stereocenters. The van der Waals surface area contributed by atoms with Crippen molar-refractivity contribution in [2.45, 2.75) is 33.1 Å². The molecule has 0 aliphatic rings. The first-order valence-corrected chi connectivity index (χ1v) is 6.78. The van der Waals surface area contributed by atoms with Gasteiger partial charge >= 0.3 is 12.0 Å². The molecule has 0 bridgehead atoms. The van der Waals surface area contributed by atoms with E-state index in [9.17, 15) is 9.59 Å². The first-order valence-electron chi connectivity index (χ1n) is 6.78. The van der Waals surface area contributed by atoms with Crippen LogP contribution in [-0.2, 0) is 0 Å². The fourth-order valence-corrected chi connectivity index (χ4v) is 1.88. The van der Waals surface area contributed by atoms with Crippen molar-refractivity contribution in [1.82, 2.24) is 5.32 Å². The molecule has 0 spiro atoms. The van der Waals surface area contributed by atoms with Crippen LogP contribution in [-0.4, -0.2) is 23.7 Å². The van der Waals surface area contributed by atoms with Gasteiger partial charge in [0.25, 0.3) is 0 Å². The SMILES string of the molecule is C#CCCCCNC(=O)Nc1cc(C)c(C)c(C(=O)O)c1. The number of unbranched alkanes of at least 4 members (excludes halogenated alkanes) is 2. The molecule has 0 aliphatic carbocycles. The van der Waals surface area contributed by atoms with Gasteiger partial charge < -0.3 is 15.7 Å². The maximum atomic E-state index is 11.7. The molecule has 0 heterocycles. The van der Waals surface area contributed by atoms with Crippen molar-refractivity contribution < 1.29 is 14.7 Å². The Morgan fingerprint density at radius 1 is 1.29 bits per heavy atom. The van der Waals surface area contributed by atoms with E-state index < -0.39 is 5.97 Å². The number of rotatable bonds is 6. The summed E-state index contributed by atoms with van der Waals surface area (Å²) < 4.78 is 0. The minimum atomic E-state index is -1.01. The van der Waals surface area contributed by atoms with Crippen molar-refractivity contribution >= 4 is 17.7 Å². The molecule has 0 aliphatic heterocycles. The first kappa shape index (κ1) is 16.6. The number of amides is 2. The summed E-state index contributed by atoms with van der Waals surface area (Å²) in [4.78, 5) is 22.9. The van der Waals surface area contributed by atoms with Gasteiger partial charge in [0.2, 0.25) is 0 Å². The van der Waals surface area contributed by atoms with Crippen LogP contribution in [0.15, 0.2) is 12.1 Å². The summed E-state index contributed by atoms with van der Waals surface area (Å²) in [6, 6.07) is 2.86. The standard InChI is InChI=1S/C16H20N2O3/c1-4-5-6-7-8-17-16(21)18-13-9-11(2)12(3)14(10-13)15(19)20/h1,9-10H,5-8H2,2-3H3,(H,19,20)(H2,17,18,21). The van der Waals surface area contributed by atoms with Gasteiger partial charge in [-0.2, -0.15) is 0 Å². The topological polar surface area (TPSA) is 78.4 Å². The number of hydrogen-bond acceptors (Lipinski definition) is 2. The van der Waals surface area contributed by atoms with Crippen LogP contribution >= 0.6 is 0 Å². The van der Waals surface area contributed by atoms with Crippen molar-refractivity contribution in [1.29, 1.82) is 0 Å². The van der Waals surface area contributed by atoms with E-state index >= 15 is 0 Å². The van der Waals surface area contributed by atoms with Gasteiger partial charge in [-0.3, -0.25) is 0 Å². The third kappa shape index (κ3) is 5.19. The summed E-state index contributed by atoms with van der Waals surface area (Å²) >= 11 is 0. The molecule has 1 rings (SSSR count). The number of carboxylic acids is 1. The molecular weight excluding hydrogens is 268 g/mol. The molecule has 5 heteroatoms. The Morgan fingerprint density at radius 2 is 2.00 bits per heavy atom. The lowest BCUT2D eigenvalue weighted by atomic mass is 10.0. The number of benzene rings is 1. The zero-order valence-corrected chi connectivity index (χ0v) is 12.3. The van der Waals surface area contributed by atoms with Crippen LogP contribution in [0, 0.1) is 26.2 Å². The van der Waals surface area contributed by atoms with E-state index in [2.05, 4.69) is 16.6 Å². The molecule has 0 saturated carbocycles. The minimum Gasteiger partial charge on any atom is -0.478 e. The van der Waals surface area contributed by atoms with E-state index in [1.54, 1.807) is 13.0 Å². The van der Waals surface area contributed by atoms with Crippen LogP contribution < -0.4 is 10.6 Å². The molecule has 0 saturated heterocycles. The number of aromatic carboxylic acids is 1. The summed E-state index contributed by atoms with van der Waals surface area (Å²) in [6.45, 7) is 4.09. The number of nitrogens with one attached hydrogen (secondary N) is 2. The van der Waals surface area contributed by atoms with Crippen molar-refractivity contribution in [2.75, 3.05) is 11.9 Å². The lowest BCUT2D eigenvalue weighted by molar-refractivity contribution is 0.0696. The van der Waals surface area contributed by atoms with Crippen molar-refractivity contribution in [3.05, 3.63) is 28.8 Å². The number of carbonyl (C=O) groups is 2. The zero-order valence-electron chi connectivity index (χ0n) is 12.3. The van der Waals surface area contributed by atoms with Crippen molar-refractivity contribution in [3.8, 4) is 12.3 Å². The fraction of sp³-hybridized carbons (Fsp3) is 0.375. The molecule has 3 N–H and O–H groups in total. The average molecular weight is 288 g/mol. The Bertz CT molecular complexity index is 574. The quantitative estimate of drug-likeness (QED) is 0.556. The van der Waals surface area contributed by atoms with Gasteiger partial charge in [0.15, 0.2) is 0 Å². The average Bonchev–Trinajstić information content (AvgIpc) is 2.42. The smallest absolute Gasteiger partial charge is 0.336 e. The molecule has 0 aromatic heterocycles. The number of anilines is 1. The predicted octanol–water partition coefficient (Wildman–Crippen LogP) is 2.93. The number of urea groups is 1. The molecule has 2 amide bonds. The molecule has 0 unspecified atom stereocenters. The van der Waals surface area contributed by atoms with Crippen LogP contribution in [0.1, 0.15) is 40.7 Å². The summed E-state index contributed by atoms with van der Waals surface area (Å²) in [5.74, 6) is 1.53. The summed E-state index contributed by atoms with van der Waals surface area (Å²) in [5.41, 5.74) is 2.18. The largest absolute Gasteiger partial charge is 0.478 e. The third-order valence-electron chi connectivity index (χ3n) is 3.19. The van der Waals surface area contributed by atoms with Gasteiger partial charge in [0.05, 0.1) is 5.56 Å². The molecule has 0 radical (unpaired) electrons. The number of hydrogen-bond donors (Lipinski definition) is 3. The summed E-state index contributed by atoms with van der Waals surface area (Å²) in [7, 11) is 0. The Morgan fingerprint density at radius 3 is 2.62 bits per heavy atom. The zero-order chi connectivity index (χ0) is 15.8. The van der Waals surface area contributed by atoms with Crippen LogP contribution in [0.25, 0.3) is 0 Å². The van der Waals surface area contributed by atoms with E-state index in [0.717, 1.165) is 18.4 Å². The Balaban J connectivity index is 2.61. The third-order valence-corrected chi connectivity index (χ3v) is 3.19. The van der Waals surface area contributed by atoms with E-state index in [4.69, 9.17) is 11.5 Å². The second-order valence-corrected chi connectivity index (χ2v) is 4.81. The highest BCUT2D eigenvalue weighted by Gasteiger charge is 2.12. The van der Waals surface area contributed by atoms with E-state index in [1.165, 1.54) is 6.07 Å². The highest BCUT2D eigenvalue weighted by Crippen LogP contribution is 2.20. The second-order valence-electron chi connectivity index (χ2n) is 4.81. The van der Waals surface area contributed by atoms with Gasteiger partial charge in [-0.15, -0.1) is 12.3 Å². The Kier molecular flexibility index (Phi) is 6.28. The number of carboxylic acid groups (broad SMARTS) is 1. The minimum absolute atomic E-state index is 0.194. The van der Waals surface area contributed by atoms with E-state index in [1.807, 2.05) is 6.92 Å². The number of aryl methyl sites for hydroxylation is 1. The Hall–Kier alpha value is -2.48. The van der Waals surface area contributed by atoms with Crippen LogP contribution in [0.4, 0.5) is 10.5 Å². The lowest BCUT2D eigenvalue weighted by Gasteiger charge is -2.11. The fourth-order valence-electron chi connectivity index (χ4n) is 1.88. The molecule has 1 aromatic rings. The monoisotopic (exact) mass is 288 g/mol. The van der Waals surface area contributed by atoms with Crippen molar-refractivity contribution in [3.63, 3.8) is 0 Å². The lowest BCUT2D eigenvalue weighted by Crippen LogP contribution is -2.29. The van der Waals surface area contributed by atoms with E-state index in [-0.39, 0.29) is 11.6 Å². The Labute approximate surface area is 124 Å². The maximum absolute atomic E-state index is 11.7. The molecular formula is C16H20N2O3. The predicted molar refractivity (Wildman–Crippen MR) is 82.6 cm³/mol. The summed E-state index contributed by atoms with van der Waals surface area (Å²) in [6.07, 6.45) is 7.51. The normalized spacial score (nSPS) is 9.76. The molecule has 112 valence electrons. The number of carbonyl (C=O) groups excluding carboxylic acids is 1. The maximum Gasteiger partial charge on any atom is 0.336 e. The molecule has 0 fully saturated rings.